The zero-order valence-corrected chi connectivity index (χ0v) is 22.6. The van der Waals surface area contributed by atoms with Gasteiger partial charge in [-0.05, 0) is 49.6 Å². The van der Waals surface area contributed by atoms with Gasteiger partial charge < -0.3 is 24.6 Å². The first-order chi connectivity index (χ1) is 18.5. The van der Waals surface area contributed by atoms with Gasteiger partial charge in [-0.15, -0.1) is 0 Å². The zero-order chi connectivity index (χ0) is 26.5. The number of halogens is 1. The number of aliphatic hydroxyl groups excluding tert-OH is 1. The number of nitrogens with one attached hydrogen (secondary N) is 1. The Bertz CT molecular complexity index is 1210. The molecule has 0 bridgehead atoms. The Hall–Kier alpha value is -3.07. The number of aryl methyl sites for hydroxylation is 1. The standard InChI is InChI=1S/C29H36ClN5O3/c1-21-6-2-3-7-25(21)34-15-11-23(12-16-34)38-27-10-9-22(18-24(27)30)32-29(37)26-8-4-5-14-35(26)28(36)19-33-17-13-31-20-33/h2-3,6-7,9-10,13,17-18,20,23,26,28,36H,4-5,8,11-12,14-16,19H2,1H3,(H,32,37)/t26-,28?/m1/s1. The summed E-state index contributed by atoms with van der Waals surface area (Å²) in [6, 6.07) is 13.5. The van der Waals surface area contributed by atoms with E-state index < -0.39 is 12.3 Å². The molecule has 2 atom stereocenters. The number of amides is 1. The van der Waals surface area contributed by atoms with Crippen molar-refractivity contribution in [1.29, 1.82) is 0 Å². The lowest BCUT2D eigenvalue weighted by Crippen LogP contribution is -2.53. The summed E-state index contributed by atoms with van der Waals surface area (Å²) in [5.74, 6) is 0.497. The molecule has 0 aliphatic carbocycles. The van der Waals surface area contributed by atoms with Crippen LogP contribution < -0.4 is 15.0 Å². The highest BCUT2D eigenvalue weighted by atomic mass is 35.5. The summed E-state index contributed by atoms with van der Waals surface area (Å²) in [6.07, 6.45) is 8.92. The van der Waals surface area contributed by atoms with Crippen molar-refractivity contribution >= 4 is 28.9 Å². The van der Waals surface area contributed by atoms with Gasteiger partial charge in [0.2, 0.25) is 5.91 Å². The third kappa shape index (κ3) is 6.31. The number of carbonyl (C=O) groups excluding carboxylic acids is 1. The third-order valence-corrected chi connectivity index (χ3v) is 7.85. The molecular formula is C29H36ClN5O3. The normalized spacial score (nSPS) is 19.8. The predicted molar refractivity (Wildman–Crippen MR) is 150 cm³/mol. The van der Waals surface area contributed by atoms with Gasteiger partial charge in [-0.1, -0.05) is 36.2 Å². The molecule has 0 spiro atoms. The lowest BCUT2D eigenvalue weighted by molar-refractivity contribution is -0.129. The summed E-state index contributed by atoms with van der Waals surface area (Å²) in [6.45, 7) is 5.06. The van der Waals surface area contributed by atoms with Crippen LogP contribution in [-0.4, -0.2) is 63.5 Å². The number of benzene rings is 2. The number of piperidine rings is 2. The highest BCUT2D eigenvalue weighted by Crippen LogP contribution is 2.32. The van der Waals surface area contributed by atoms with Crippen molar-refractivity contribution in [2.45, 2.75) is 63.9 Å². The van der Waals surface area contributed by atoms with Crippen LogP contribution in [0.3, 0.4) is 0 Å². The third-order valence-electron chi connectivity index (χ3n) is 7.55. The molecule has 2 aliphatic heterocycles. The Labute approximate surface area is 229 Å². The molecule has 2 N–H and O–H groups in total. The molecule has 2 aromatic carbocycles. The summed E-state index contributed by atoms with van der Waals surface area (Å²) in [7, 11) is 0. The van der Waals surface area contributed by atoms with Gasteiger partial charge in [-0.25, -0.2) is 4.98 Å². The summed E-state index contributed by atoms with van der Waals surface area (Å²) in [4.78, 5) is 21.5. The minimum Gasteiger partial charge on any atom is -0.489 e. The number of likely N-dealkylation sites (tertiary alicyclic amines) is 1. The fraction of sp³-hybridized carbons (Fsp3) is 0.448. The van der Waals surface area contributed by atoms with E-state index in [1.807, 2.05) is 21.6 Å². The molecule has 8 nitrogen and oxygen atoms in total. The molecule has 0 radical (unpaired) electrons. The largest absolute Gasteiger partial charge is 0.489 e. The topological polar surface area (TPSA) is 82.9 Å². The maximum Gasteiger partial charge on any atom is 0.241 e. The summed E-state index contributed by atoms with van der Waals surface area (Å²) in [5.41, 5.74) is 3.20. The molecule has 2 saturated heterocycles. The van der Waals surface area contributed by atoms with Gasteiger partial charge in [0.15, 0.2) is 0 Å². The van der Waals surface area contributed by atoms with Crippen molar-refractivity contribution in [3.05, 3.63) is 71.8 Å². The first-order valence-electron chi connectivity index (χ1n) is 13.4. The number of hydrogen-bond acceptors (Lipinski definition) is 6. The number of aromatic nitrogens is 2. The molecule has 1 aromatic heterocycles. The number of imidazole rings is 1. The van der Waals surface area contributed by atoms with Crippen LogP contribution in [0.2, 0.25) is 5.02 Å². The summed E-state index contributed by atoms with van der Waals surface area (Å²) < 4.78 is 8.07. The molecule has 38 heavy (non-hydrogen) atoms. The van der Waals surface area contributed by atoms with E-state index in [-0.39, 0.29) is 12.0 Å². The second kappa shape index (κ2) is 12.2. The molecule has 1 amide bonds. The zero-order valence-electron chi connectivity index (χ0n) is 21.8. The van der Waals surface area contributed by atoms with Gasteiger partial charge in [0.25, 0.3) is 0 Å². The Balaban J connectivity index is 1.16. The van der Waals surface area contributed by atoms with Crippen LogP contribution in [0.25, 0.3) is 0 Å². The Morgan fingerprint density at radius 3 is 2.71 bits per heavy atom. The van der Waals surface area contributed by atoms with Gasteiger partial charge in [-0.2, -0.15) is 0 Å². The molecule has 3 aromatic rings. The molecule has 1 unspecified atom stereocenters. The van der Waals surface area contributed by atoms with E-state index in [2.05, 4.69) is 46.4 Å². The second-order valence-corrected chi connectivity index (χ2v) is 10.6. The molecule has 5 rings (SSSR count). The summed E-state index contributed by atoms with van der Waals surface area (Å²) in [5, 5.41) is 14.3. The van der Waals surface area contributed by atoms with Crippen molar-refractivity contribution in [2.75, 3.05) is 29.9 Å². The quantitative estimate of drug-likeness (QED) is 0.433. The van der Waals surface area contributed by atoms with Crippen LogP contribution >= 0.6 is 11.6 Å². The summed E-state index contributed by atoms with van der Waals surface area (Å²) >= 11 is 6.58. The van der Waals surface area contributed by atoms with Crippen LogP contribution in [0.1, 0.15) is 37.7 Å². The van der Waals surface area contributed by atoms with E-state index in [1.54, 1.807) is 24.8 Å². The van der Waals surface area contributed by atoms with Crippen LogP contribution in [-0.2, 0) is 11.3 Å². The highest BCUT2D eigenvalue weighted by Gasteiger charge is 2.33. The average molecular weight is 538 g/mol. The van der Waals surface area contributed by atoms with Crippen LogP contribution in [0, 0.1) is 6.92 Å². The maximum absolute atomic E-state index is 13.2. The van der Waals surface area contributed by atoms with Gasteiger partial charge >= 0.3 is 0 Å². The fourth-order valence-corrected chi connectivity index (χ4v) is 5.72. The number of carbonyl (C=O) groups is 1. The Morgan fingerprint density at radius 2 is 1.97 bits per heavy atom. The lowest BCUT2D eigenvalue weighted by atomic mass is 10.0. The smallest absolute Gasteiger partial charge is 0.241 e. The average Bonchev–Trinajstić information content (AvgIpc) is 3.44. The van der Waals surface area contributed by atoms with Gasteiger partial charge in [0.1, 0.15) is 18.1 Å². The van der Waals surface area contributed by atoms with Crippen LogP contribution in [0.15, 0.2) is 61.2 Å². The predicted octanol–water partition coefficient (Wildman–Crippen LogP) is 4.70. The lowest BCUT2D eigenvalue weighted by Gasteiger charge is -2.38. The van der Waals surface area contributed by atoms with Crippen molar-refractivity contribution in [2.24, 2.45) is 0 Å². The van der Waals surface area contributed by atoms with E-state index in [9.17, 15) is 9.90 Å². The van der Waals surface area contributed by atoms with E-state index in [0.717, 1.165) is 38.8 Å². The van der Waals surface area contributed by atoms with Crippen molar-refractivity contribution in [1.82, 2.24) is 14.5 Å². The second-order valence-electron chi connectivity index (χ2n) is 10.2. The number of ether oxygens (including phenoxy) is 1. The van der Waals surface area contributed by atoms with Gasteiger partial charge in [-0.3, -0.25) is 9.69 Å². The van der Waals surface area contributed by atoms with Gasteiger partial charge in [0, 0.05) is 56.2 Å². The van der Waals surface area contributed by atoms with Crippen LogP contribution in [0.5, 0.6) is 5.75 Å². The van der Waals surface area contributed by atoms with E-state index in [4.69, 9.17) is 16.3 Å². The number of rotatable bonds is 8. The SMILES string of the molecule is Cc1ccccc1N1CCC(Oc2ccc(NC(=O)[C@H]3CCCCN3C(O)Cn3ccnc3)cc2Cl)CC1. The van der Waals surface area contributed by atoms with Crippen LogP contribution in [0.4, 0.5) is 11.4 Å². The maximum atomic E-state index is 13.2. The van der Waals surface area contributed by atoms with Crippen molar-refractivity contribution in [3.63, 3.8) is 0 Å². The number of para-hydroxylation sites is 1. The first kappa shape index (κ1) is 26.5. The molecule has 0 saturated carbocycles. The number of anilines is 2. The minimum atomic E-state index is -0.767. The Morgan fingerprint density at radius 1 is 1.16 bits per heavy atom. The molecule has 2 fully saturated rings. The molecule has 3 heterocycles. The monoisotopic (exact) mass is 537 g/mol. The number of nitrogens with zero attached hydrogens (tertiary/aromatic N) is 4. The molecule has 9 heteroatoms. The minimum absolute atomic E-state index is 0.0981. The highest BCUT2D eigenvalue weighted by molar-refractivity contribution is 6.32. The molecule has 2 aliphatic rings. The number of hydrogen-bond donors (Lipinski definition) is 2. The van der Waals surface area contributed by atoms with E-state index in [0.29, 0.717) is 36.0 Å². The van der Waals surface area contributed by atoms with E-state index >= 15 is 0 Å². The number of aliphatic hydroxyl groups is 1. The van der Waals surface area contributed by atoms with Crippen molar-refractivity contribution in [3.8, 4) is 5.75 Å². The Kier molecular flexibility index (Phi) is 8.51. The van der Waals surface area contributed by atoms with Gasteiger partial charge in [0.05, 0.1) is 23.9 Å². The van der Waals surface area contributed by atoms with E-state index in [1.165, 1.54) is 11.3 Å². The first-order valence-corrected chi connectivity index (χ1v) is 13.8. The fourth-order valence-electron chi connectivity index (χ4n) is 5.49. The van der Waals surface area contributed by atoms with Crippen molar-refractivity contribution < 1.29 is 14.6 Å². The molecule has 202 valence electrons. The molecular weight excluding hydrogens is 502 g/mol.